The van der Waals surface area contributed by atoms with Crippen molar-refractivity contribution in [2.45, 2.75) is 54.9 Å². The lowest BCUT2D eigenvalue weighted by molar-refractivity contribution is -0.382. The van der Waals surface area contributed by atoms with Crippen molar-refractivity contribution in [3.05, 3.63) is 136 Å². The van der Waals surface area contributed by atoms with Gasteiger partial charge in [-0.3, -0.25) is 0 Å². The predicted octanol–water partition coefficient (Wildman–Crippen LogP) is 5.17. The van der Waals surface area contributed by atoms with Crippen LogP contribution in [-0.2, 0) is 44.4 Å². The van der Waals surface area contributed by atoms with Gasteiger partial charge in [0.25, 0.3) is 0 Å². The summed E-state index contributed by atoms with van der Waals surface area (Å²) in [5, 5.41) is 23.1. The molecular formula is C35H33ClO7. The van der Waals surface area contributed by atoms with E-state index in [4.69, 9.17) is 35.3 Å². The molecule has 4 bridgehead atoms. The molecule has 0 radical (unpaired) electrons. The molecule has 1 saturated carbocycles. The third-order valence-electron chi connectivity index (χ3n) is 8.91. The standard InChI is InChI=1S/C35H33ClO7/c1-39-28-15-12-23(13-16-28)18-26-19-27(14-17-29(26)36)35-31(41-21-25-10-6-3-7-11-25)30(40-20-24-8-4-2-5-9-24)34(38)32(42-35)33(34,22-37)43-35/h2-17,19,30-32,37-38H,18,20-22H2,1H3. The molecule has 1 aliphatic carbocycles. The smallest absolute Gasteiger partial charge is 0.226 e. The Morgan fingerprint density at radius 3 is 2.00 bits per heavy atom. The number of aliphatic hydroxyl groups excluding tert-OH is 1. The van der Waals surface area contributed by atoms with Crippen molar-refractivity contribution in [2.24, 2.45) is 0 Å². The van der Waals surface area contributed by atoms with Gasteiger partial charge < -0.3 is 33.9 Å². The number of aliphatic hydroxyl groups is 2. The Kier molecular flexibility index (Phi) is 7.30. The first-order valence-corrected chi connectivity index (χ1v) is 14.8. The van der Waals surface area contributed by atoms with E-state index in [1.165, 1.54) is 0 Å². The molecule has 8 rings (SSSR count). The van der Waals surface area contributed by atoms with E-state index in [-0.39, 0.29) is 13.2 Å². The minimum Gasteiger partial charge on any atom is -0.497 e. The van der Waals surface area contributed by atoms with Crippen molar-refractivity contribution in [2.75, 3.05) is 13.7 Å². The lowest BCUT2D eigenvalue weighted by Gasteiger charge is -2.50. The number of hydrogen-bond acceptors (Lipinski definition) is 7. The summed E-state index contributed by atoms with van der Waals surface area (Å²) in [4.78, 5) is 0. The maximum atomic E-state index is 12.0. The first-order valence-electron chi connectivity index (χ1n) is 14.4. The summed E-state index contributed by atoms with van der Waals surface area (Å²) in [6.07, 6.45) is -1.94. The molecule has 0 spiro atoms. The molecule has 222 valence electrons. The normalized spacial score (nSPS) is 30.3. The average molecular weight is 601 g/mol. The van der Waals surface area contributed by atoms with Crippen molar-refractivity contribution in [3.8, 4) is 5.75 Å². The predicted molar refractivity (Wildman–Crippen MR) is 160 cm³/mol. The summed E-state index contributed by atoms with van der Waals surface area (Å²) in [6, 6.07) is 33.0. The second kappa shape index (κ2) is 11.0. The number of halogens is 1. The van der Waals surface area contributed by atoms with Gasteiger partial charge in [-0.05, 0) is 52.9 Å². The second-order valence-corrected chi connectivity index (χ2v) is 11.8. The Labute approximate surface area is 255 Å². The molecule has 3 heterocycles. The molecule has 4 fully saturated rings. The summed E-state index contributed by atoms with van der Waals surface area (Å²) < 4.78 is 31.6. The summed E-state index contributed by atoms with van der Waals surface area (Å²) in [5.74, 6) is -0.675. The topological polar surface area (TPSA) is 86.6 Å². The molecule has 4 aromatic rings. The van der Waals surface area contributed by atoms with Crippen LogP contribution in [0.1, 0.15) is 27.8 Å². The molecular weight excluding hydrogens is 568 g/mol. The third kappa shape index (κ3) is 4.59. The van der Waals surface area contributed by atoms with Gasteiger partial charge in [-0.25, -0.2) is 0 Å². The van der Waals surface area contributed by atoms with Gasteiger partial charge in [0.05, 0.1) is 26.9 Å². The minimum atomic E-state index is -1.59. The van der Waals surface area contributed by atoms with Crippen LogP contribution in [0.4, 0.5) is 0 Å². The molecule has 8 heteroatoms. The number of rotatable bonds is 11. The molecule has 6 atom stereocenters. The van der Waals surface area contributed by atoms with Gasteiger partial charge in [0, 0.05) is 10.6 Å². The Hall–Kier alpha value is -3.27. The quantitative estimate of drug-likeness (QED) is 0.246. The van der Waals surface area contributed by atoms with Crippen LogP contribution < -0.4 is 4.74 Å². The highest BCUT2D eigenvalue weighted by atomic mass is 35.5. The summed E-state index contributed by atoms with van der Waals surface area (Å²) in [6.45, 7) is 0.0514. The van der Waals surface area contributed by atoms with E-state index in [0.29, 0.717) is 17.0 Å². The van der Waals surface area contributed by atoms with Gasteiger partial charge in [-0.1, -0.05) is 90.5 Å². The SMILES string of the molecule is COc1ccc(Cc2cc(C34OC5C(CO)(O3)C5(O)C(OCc3ccccc3)C4OCc3ccccc3)ccc2Cl)cc1. The van der Waals surface area contributed by atoms with E-state index >= 15 is 0 Å². The number of ether oxygens (including phenoxy) is 5. The van der Waals surface area contributed by atoms with Crippen LogP contribution in [0.3, 0.4) is 0 Å². The second-order valence-electron chi connectivity index (χ2n) is 11.4. The number of hydrogen-bond donors (Lipinski definition) is 2. The summed E-state index contributed by atoms with van der Waals surface area (Å²) in [5.41, 5.74) is 1.58. The zero-order valence-electron chi connectivity index (χ0n) is 23.7. The van der Waals surface area contributed by atoms with Crippen LogP contribution in [0.15, 0.2) is 103 Å². The highest BCUT2D eigenvalue weighted by Crippen LogP contribution is 2.71. The molecule has 4 aromatic carbocycles. The average Bonchev–Trinajstić information content (AvgIpc) is 3.36. The van der Waals surface area contributed by atoms with Gasteiger partial charge in [-0.15, -0.1) is 0 Å². The van der Waals surface area contributed by atoms with E-state index in [0.717, 1.165) is 28.0 Å². The molecule has 2 N–H and O–H groups in total. The van der Waals surface area contributed by atoms with Crippen LogP contribution in [0.2, 0.25) is 5.02 Å². The van der Waals surface area contributed by atoms with Crippen LogP contribution >= 0.6 is 11.6 Å². The lowest BCUT2D eigenvalue weighted by Crippen LogP contribution is -2.67. The van der Waals surface area contributed by atoms with E-state index in [2.05, 4.69) is 0 Å². The monoisotopic (exact) mass is 600 g/mol. The largest absolute Gasteiger partial charge is 0.497 e. The Balaban J connectivity index is 1.27. The zero-order valence-corrected chi connectivity index (χ0v) is 24.4. The molecule has 7 nitrogen and oxygen atoms in total. The zero-order chi connectivity index (χ0) is 29.7. The van der Waals surface area contributed by atoms with Gasteiger partial charge in [0.15, 0.2) is 11.2 Å². The minimum absolute atomic E-state index is 0.240. The van der Waals surface area contributed by atoms with Crippen molar-refractivity contribution in [1.29, 1.82) is 0 Å². The maximum Gasteiger partial charge on any atom is 0.226 e. The molecule has 43 heavy (non-hydrogen) atoms. The fraction of sp³-hybridized carbons (Fsp3) is 0.314. The molecule has 3 saturated heterocycles. The van der Waals surface area contributed by atoms with Gasteiger partial charge in [0.2, 0.25) is 5.79 Å². The van der Waals surface area contributed by atoms with Gasteiger partial charge in [0.1, 0.15) is 24.1 Å². The first kappa shape index (κ1) is 28.5. The van der Waals surface area contributed by atoms with Gasteiger partial charge >= 0.3 is 0 Å². The number of benzene rings is 4. The van der Waals surface area contributed by atoms with Crippen LogP contribution in [0.5, 0.6) is 5.75 Å². The van der Waals surface area contributed by atoms with E-state index in [9.17, 15) is 10.2 Å². The van der Waals surface area contributed by atoms with E-state index in [1.54, 1.807) is 7.11 Å². The van der Waals surface area contributed by atoms with E-state index in [1.807, 2.05) is 103 Å². The first-order chi connectivity index (χ1) is 20.9. The Morgan fingerprint density at radius 1 is 0.791 bits per heavy atom. The van der Waals surface area contributed by atoms with Crippen LogP contribution in [0, 0.1) is 0 Å². The van der Waals surface area contributed by atoms with Crippen LogP contribution in [-0.4, -0.2) is 53.4 Å². The third-order valence-corrected chi connectivity index (χ3v) is 9.28. The van der Waals surface area contributed by atoms with Crippen molar-refractivity contribution < 1.29 is 33.9 Å². The van der Waals surface area contributed by atoms with Crippen molar-refractivity contribution >= 4 is 11.6 Å². The Morgan fingerprint density at radius 2 is 1.42 bits per heavy atom. The number of fused-ring (bicyclic) bond motifs is 1. The van der Waals surface area contributed by atoms with Gasteiger partial charge in [-0.2, -0.15) is 0 Å². The van der Waals surface area contributed by atoms with Crippen molar-refractivity contribution in [3.63, 3.8) is 0 Å². The van der Waals surface area contributed by atoms with E-state index < -0.39 is 41.9 Å². The Bertz CT molecular complexity index is 1580. The highest BCUT2D eigenvalue weighted by molar-refractivity contribution is 6.31. The lowest BCUT2D eigenvalue weighted by atomic mass is 9.85. The molecule has 4 aliphatic rings. The molecule has 3 aliphatic heterocycles. The van der Waals surface area contributed by atoms with Crippen molar-refractivity contribution in [1.82, 2.24) is 0 Å². The number of methoxy groups -OCH3 is 1. The summed E-state index contributed by atoms with van der Waals surface area (Å²) >= 11 is 6.71. The molecule has 0 aromatic heterocycles. The maximum absolute atomic E-state index is 12.0. The molecule has 6 unspecified atom stereocenters. The molecule has 0 amide bonds. The summed E-state index contributed by atoms with van der Waals surface area (Å²) in [7, 11) is 1.64. The van der Waals surface area contributed by atoms with Crippen LogP contribution in [0.25, 0.3) is 0 Å². The highest BCUT2D eigenvalue weighted by Gasteiger charge is 2.95. The fourth-order valence-corrected chi connectivity index (χ4v) is 6.75. The fourth-order valence-electron chi connectivity index (χ4n) is 6.57.